The average Bonchev–Trinajstić information content (AvgIpc) is 2.65. The number of carbonyl (C=O) groups is 2. The molecular weight excluding hydrogens is 354 g/mol. The summed E-state index contributed by atoms with van der Waals surface area (Å²) < 4.78 is 11.5. The monoisotopic (exact) mass is 377 g/mol. The lowest BCUT2D eigenvalue weighted by Crippen LogP contribution is -2.34. The van der Waals surface area contributed by atoms with E-state index in [-0.39, 0.29) is 29.5 Å². The first-order valence-electron chi connectivity index (χ1n) is 9.51. The molecule has 0 bridgehead atoms. The van der Waals surface area contributed by atoms with Gasteiger partial charge >= 0.3 is 5.97 Å². The highest BCUT2D eigenvalue weighted by Crippen LogP contribution is 2.47. The second kappa shape index (κ2) is 7.23. The molecule has 1 aliphatic heterocycles. The number of carbonyl (C=O) groups excluding carboxylic acids is 2. The Balaban J connectivity index is 1.68. The van der Waals surface area contributed by atoms with E-state index < -0.39 is 0 Å². The Morgan fingerprint density at radius 3 is 2.68 bits per heavy atom. The van der Waals surface area contributed by atoms with Gasteiger partial charge in [0.2, 0.25) is 0 Å². The van der Waals surface area contributed by atoms with Crippen molar-refractivity contribution in [2.75, 3.05) is 0 Å². The predicted octanol–water partition coefficient (Wildman–Crippen LogP) is 4.33. The normalized spacial score (nSPS) is 21.1. The molecular formula is C23H23NO4. The Morgan fingerprint density at radius 1 is 1.11 bits per heavy atom. The molecule has 0 spiro atoms. The van der Waals surface area contributed by atoms with Gasteiger partial charge in [-0.3, -0.25) is 14.6 Å². The molecule has 1 atom stereocenters. The van der Waals surface area contributed by atoms with Gasteiger partial charge < -0.3 is 9.47 Å². The smallest absolute Gasteiger partial charge is 0.311 e. The maximum atomic E-state index is 12.9. The lowest BCUT2D eigenvalue weighted by atomic mass is 9.71. The number of ketones is 1. The van der Waals surface area contributed by atoms with Crippen LogP contribution in [0.3, 0.4) is 0 Å². The van der Waals surface area contributed by atoms with Crippen molar-refractivity contribution < 1.29 is 19.1 Å². The van der Waals surface area contributed by atoms with Crippen LogP contribution in [0.2, 0.25) is 0 Å². The zero-order valence-corrected chi connectivity index (χ0v) is 16.1. The number of hydrogen-bond donors (Lipinski definition) is 0. The quantitative estimate of drug-likeness (QED) is 0.742. The summed E-state index contributed by atoms with van der Waals surface area (Å²) in [6, 6.07) is 13.3. The number of benzene rings is 1. The SMILES string of the molecule is CC1(C)CC(=O)C2=C(C1)OC(=O)C[C@@H]2c1ccccc1OCc1ccccn1. The van der Waals surface area contributed by atoms with Gasteiger partial charge in [-0.2, -0.15) is 0 Å². The summed E-state index contributed by atoms with van der Waals surface area (Å²) in [7, 11) is 0. The number of aromatic nitrogens is 1. The zero-order chi connectivity index (χ0) is 19.7. The van der Waals surface area contributed by atoms with Crippen molar-refractivity contribution >= 4 is 11.8 Å². The molecule has 2 heterocycles. The van der Waals surface area contributed by atoms with Crippen LogP contribution >= 0.6 is 0 Å². The van der Waals surface area contributed by atoms with Crippen molar-refractivity contribution in [2.45, 2.75) is 45.6 Å². The number of esters is 1. The number of pyridine rings is 1. The van der Waals surface area contributed by atoms with Crippen molar-refractivity contribution in [3.8, 4) is 5.75 Å². The van der Waals surface area contributed by atoms with Crippen LogP contribution in [-0.2, 0) is 20.9 Å². The average molecular weight is 377 g/mol. The van der Waals surface area contributed by atoms with Gasteiger partial charge in [-0.05, 0) is 23.6 Å². The van der Waals surface area contributed by atoms with Gasteiger partial charge in [-0.15, -0.1) is 0 Å². The largest absolute Gasteiger partial charge is 0.487 e. The number of hydrogen-bond acceptors (Lipinski definition) is 5. The number of Topliss-reactive ketones (excluding diaryl/α,β-unsaturated/α-hetero) is 1. The molecule has 5 nitrogen and oxygen atoms in total. The van der Waals surface area contributed by atoms with Crippen LogP contribution in [0.15, 0.2) is 60.0 Å². The maximum absolute atomic E-state index is 12.9. The van der Waals surface area contributed by atoms with Crippen molar-refractivity contribution in [1.82, 2.24) is 4.98 Å². The fourth-order valence-corrected chi connectivity index (χ4v) is 4.01. The fourth-order valence-electron chi connectivity index (χ4n) is 4.01. The Labute approximate surface area is 164 Å². The Bertz CT molecular complexity index is 946. The topological polar surface area (TPSA) is 65.5 Å². The Kier molecular flexibility index (Phi) is 4.75. The highest BCUT2D eigenvalue weighted by atomic mass is 16.5. The zero-order valence-electron chi connectivity index (χ0n) is 16.1. The van der Waals surface area contributed by atoms with E-state index in [0.29, 0.717) is 36.5 Å². The predicted molar refractivity (Wildman–Crippen MR) is 104 cm³/mol. The number of nitrogens with zero attached hydrogens (tertiary/aromatic N) is 1. The third-order valence-electron chi connectivity index (χ3n) is 5.23. The number of ether oxygens (including phenoxy) is 2. The van der Waals surface area contributed by atoms with E-state index in [4.69, 9.17) is 9.47 Å². The lowest BCUT2D eigenvalue weighted by Gasteiger charge is -2.37. The Morgan fingerprint density at radius 2 is 1.89 bits per heavy atom. The molecule has 28 heavy (non-hydrogen) atoms. The summed E-state index contributed by atoms with van der Waals surface area (Å²) in [4.78, 5) is 29.5. The van der Waals surface area contributed by atoms with Gasteiger partial charge in [0.1, 0.15) is 18.1 Å². The van der Waals surface area contributed by atoms with Gasteiger partial charge in [0.05, 0.1) is 12.1 Å². The molecule has 1 aromatic carbocycles. The maximum Gasteiger partial charge on any atom is 0.311 e. The van der Waals surface area contributed by atoms with Gasteiger partial charge in [-0.25, -0.2) is 0 Å². The van der Waals surface area contributed by atoms with Crippen LogP contribution in [0.1, 0.15) is 50.3 Å². The first-order chi connectivity index (χ1) is 13.4. The number of rotatable bonds is 4. The van der Waals surface area contributed by atoms with E-state index in [1.165, 1.54) is 0 Å². The highest BCUT2D eigenvalue weighted by Gasteiger charge is 2.42. The third-order valence-corrected chi connectivity index (χ3v) is 5.23. The first-order valence-corrected chi connectivity index (χ1v) is 9.51. The molecule has 4 rings (SSSR count). The molecule has 0 saturated heterocycles. The van der Waals surface area contributed by atoms with Crippen LogP contribution in [-0.4, -0.2) is 16.7 Å². The van der Waals surface area contributed by atoms with Crippen molar-refractivity contribution in [3.63, 3.8) is 0 Å². The molecule has 2 aromatic rings. The van der Waals surface area contributed by atoms with Gasteiger partial charge in [0, 0.05) is 36.1 Å². The second-order valence-corrected chi connectivity index (χ2v) is 8.16. The molecule has 2 aliphatic rings. The molecule has 0 saturated carbocycles. The minimum atomic E-state index is -0.334. The van der Waals surface area contributed by atoms with Crippen LogP contribution in [0, 0.1) is 5.41 Å². The summed E-state index contributed by atoms with van der Waals surface area (Å²) in [5.74, 6) is 0.621. The first kappa shape index (κ1) is 18.4. The summed E-state index contributed by atoms with van der Waals surface area (Å²) in [6.45, 7) is 4.37. The standard InChI is InChI=1S/C23H23NO4/c1-23(2)12-18(25)22-17(11-21(26)28-20(22)13-23)16-8-3-4-9-19(16)27-14-15-7-5-6-10-24-15/h3-10,17H,11-14H2,1-2H3/t17-/m1/s1. The lowest BCUT2D eigenvalue weighted by molar-refractivity contribution is -0.142. The molecule has 0 amide bonds. The van der Waals surface area contributed by atoms with Crippen molar-refractivity contribution in [2.24, 2.45) is 5.41 Å². The molecule has 144 valence electrons. The van der Waals surface area contributed by atoms with Crippen molar-refractivity contribution in [3.05, 3.63) is 71.3 Å². The molecule has 0 radical (unpaired) electrons. The molecule has 1 aromatic heterocycles. The second-order valence-electron chi connectivity index (χ2n) is 8.16. The molecule has 5 heteroatoms. The highest BCUT2D eigenvalue weighted by molar-refractivity contribution is 6.00. The minimum Gasteiger partial charge on any atom is -0.487 e. The minimum absolute atomic E-state index is 0.0586. The van der Waals surface area contributed by atoms with E-state index in [1.54, 1.807) is 6.20 Å². The summed E-state index contributed by atoms with van der Waals surface area (Å²) in [6.07, 6.45) is 2.92. The molecule has 0 N–H and O–H groups in total. The summed E-state index contributed by atoms with van der Waals surface area (Å²) in [5.41, 5.74) is 2.09. The van der Waals surface area contributed by atoms with Gasteiger partial charge in [0.25, 0.3) is 0 Å². The van der Waals surface area contributed by atoms with Crippen LogP contribution in [0.4, 0.5) is 0 Å². The van der Waals surface area contributed by atoms with Gasteiger partial charge in [-0.1, -0.05) is 38.1 Å². The van der Waals surface area contributed by atoms with E-state index >= 15 is 0 Å². The Hall–Kier alpha value is -2.95. The number of para-hydroxylation sites is 1. The summed E-state index contributed by atoms with van der Waals surface area (Å²) >= 11 is 0. The van der Waals surface area contributed by atoms with E-state index in [2.05, 4.69) is 4.98 Å². The van der Waals surface area contributed by atoms with Crippen LogP contribution in [0.5, 0.6) is 5.75 Å². The molecule has 1 aliphatic carbocycles. The number of allylic oxidation sites excluding steroid dienone is 2. The van der Waals surface area contributed by atoms with Crippen LogP contribution in [0.25, 0.3) is 0 Å². The van der Waals surface area contributed by atoms with E-state index in [1.807, 2.05) is 56.3 Å². The molecule has 0 fully saturated rings. The fraction of sp³-hybridized carbons (Fsp3) is 0.348. The van der Waals surface area contributed by atoms with E-state index in [9.17, 15) is 9.59 Å². The summed E-state index contributed by atoms with van der Waals surface area (Å²) in [5, 5.41) is 0. The third kappa shape index (κ3) is 3.70. The van der Waals surface area contributed by atoms with Gasteiger partial charge in [0.15, 0.2) is 5.78 Å². The molecule has 0 unspecified atom stereocenters. The van der Waals surface area contributed by atoms with Crippen molar-refractivity contribution in [1.29, 1.82) is 0 Å². The van der Waals surface area contributed by atoms with Crippen LogP contribution < -0.4 is 4.74 Å². The van der Waals surface area contributed by atoms with E-state index in [0.717, 1.165) is 11.3 Å².